The molecule has 1 saturated heterocycles. The van der Waals surface area contributed by atoms with Gasteiger partial charge >= 0.3 is 6.18 Å². The van der Waals surface area contributed by atoms with Crippen LogP contribution >= 0.6 is 11.3 Å². The van der Waals surface area contributed by atoms with Crippen LogP contribution < -0.4 is 10.6 Å². The predicted octanol–water partition coefficient (Wildman–Crippen LogP) is 3.65. The second-order valence-corrected chi connectivity index (χ2v) is 10.7. The Labute approximate surface area is 214 Å². The molecule has 0 spiro atoms. The molecule has 1 amide bonds. The third-order valence-electron chi connectivity index (χ3n) is 7.27. The number of halogens is 4. The van der Waals surface area contributed by atoms with Gasteiger partial charge in [-0.1, -0.05) is 6.07 Å². The lowest BCUT2D eigenvalue weighted by atomic mass is 9.81. The van der Waals surface area contributed by atoms with Crippen molar-refractivity contribution >= 4 is 34.0 Å². The van der Waals surface area contributed by atoms with E-state index in [1.165, 1.54) is 22.1 Å². The quantitative estimate of drug-likeness (QED) is 0.396. The van der Waals surface area contributed by atoms with Crippen LogP contribution in [0.25, 0.3) is 10.9 Å². The van der Waals surface area contributed by atoms with Gasteiger partial charge in [0, 0.05) is 43.1 Å². The number of rotatable bonds is 7. The molecule has 200 valence electrons. The number of nitrogens with one attached hydrogen (secondary N) is 2. The number of fused-ring (bicyclic) bond motifs is 1. The number of likely N-dealkylation sites (tertiary alicyclic amines) is 1. The maximum absolute atomic E-state index is 13.8. The van der Waals surface area contributed by atoms with Crippen molar-refractivity contribution < 1.29 is 27.5 Å². The fourth-order valence-corrected chi connectivity index (χ4v) is 6.01. The van der Waals surface area contributed by atoms with E-state index in [0.29, 0.717) is 29.8 Å². The zero-order valence-corrected chi connectivity index (χ0v) is 20.9. The topological polar surface area (TPSA) is 95.3 Å². The number of benzene rings is 1. The monoisotopic (exact) mass is 540 g/mol. The van der Waals surface area contributed by atoms with Gasteiger partial charge in [-0.05, 0) is 43.4 Å². The number of alkyl halides is 4. The maximum Gasteiger partial charge on any atom is 0.423 e. The highest BCUT2D eigenvalue weighted by molar-refractivity contribution is 7.09. The molecular weight excluding hydrogens is 512 g/mol. The van der Waals surface area contributed by atoms with Crippen LogP contribution in [0.2, 0.25) is 0 Å². The number of thiazole rings is 1. The van der Waals surface area contributed by atoms with Crippen molar-refractivity contribution in [2.24, 2.45) is 7.05 Å². The Morgan fingerprint density at radius 2 is 2.03 bits per heavy atom. The average molecular weight is 541 g/mol. The molecule has 1 aliphatic carbocycles. The molecular formula is C24H28F4N6O2S. The van der Waals surface area contributed by atoms with Crippen LogP contribution in [0.1, 0.15) is 42.4 Å². The minimum absolute atomic E-state index is 0.000216. The van der Waals surface area contributed by atoms with Gasteiger partial charge in [0.1, 0.15) is 10.6 Å². The Bertz CT molecular complexity index is 1250. The number of carbonyl (C=O) groups is 1. The van der Waals surface area contributed by atoms with E-state index >= 15 is 0 Å². The van der Waals surface area contributed by atoms with Gasteiger partial charge in [0.05, 0.1) is 18.1 Å². The maximum atomic E-state index is 13.8. The molecule has 1 atom stereocenters. The molecule has 1 unspecified atom stereocenters. The van der Waals surface area contributed by atoms with Crippen LogP contribution in [0.15, 0.2) is 29.8 Å². The Balaban J connectivity index is 1.11. The molecule has 1 saturated carbocycles. The summed E-state index contributed by atoms with van der Waals surface area (Å²) in [6.07, 6.45) is -3.34. The SMILES string of the molecule is Cn1nc(NCC(=O)NC2CN(C3CCC(O)(c4nccs4)CC3)C2)c2cc(C(F)C(F)(F)F)ccc21. The summed E-state index contributed by atoms with van der Waals surface area (Å²) in [6, 6.07) is 3.95. The van der Waals surface area contributed by atoms with E-state index in [0.717, 1.165) is 43.1 Å². The number of hydrogen-bond donors (Lipinski definition) is 3. The van der Waals surface area contributed by atoms with Gasteiger partial charge in [0.2, 0.25) is 12.1 Å². The van der Waals surface area contributed by atoms with Crippen molar-refractivity contribution in [1.82, 2.24) is 25.0 Å². The standard InChI is InChI=1S/C24H28F4N6O2S/c1-33-18-3-2-14(20(25)24(26,27)28)10-17(18)21(32-33)30-11-19(35)31-15-12-34(13-15)16-4-6-23(36,7-5-16)22-29-8-9-37-22/h2-3,8-10,15-16,20,36H,4-7,11-13H2,1H3,(H,30,32)(H,31,35). The number of aliphatic hydroxyl groups is 1. The molecule has 1 aromatic carbocycles. The number of anilines is 1. The number of carbonyl (C=O) groups excluding carboxylic acids is 1. The highest BCUT2D eigenvalue weighted by atomic mass is 32.1. The molecule has 3 heterocycles. The normalized spacial score (nSPS) is 24.1. The van der Waals surface area contributed by atoms with Crippen LogP contribution in [0, 0.1) is 0 Å². The Kier molecular flexibility index (Phi) is 6.88. The number of aryl methyl sites for hydroxylation is 1. The van der Waals surface area contributed by atoms with E-state index in [-0.39, 0.29) is 24.3 Å². The molecule has 2 fully saturated rings. The summed E-state index contributed by atoms with van der Waals surface area (Å²) in [5, 5.41) is 23.9. The summed E-state index contributed by atoms with van der Waals surface area (Å²) in [5.74, 6) is -0.0471. The molecule has 37 heavy (non-hydrogen) atoms. The zero-order valence-electron chi connectivity index (χ0n) is 20.1. The van der Waals surface area contributed by atoms with Gasteiger partial charge in [-0.15, -0.1) is 11.3 Å². The summed E-state index contributed by atoms with van der Waals surface area (Å²) >= 11 is 1.48. The third-order valence-corrected chi connectivity index (χ3v) is 8.24. The summed E-state index contributed by atoms with van der Waals surface area (Å²) in [6.45, 7) is 1.32. The van der Waals surface area contributed by atoms with E-state index in [9.17, 15) is 27.5 Å². The van der Waals surface area contributed by atoms with Gasteiger partial charge in [0.25, 0.3) is 0 Å². The fraction of sp³-hybridized carbons (Fsp3) is 0.542. The second kappa shape index (κ2) is 9.84. The number of amides is 1. The molecule has 5 rings (SSSR count). The first-order valence-corrected chi connectivity index (χ1v) is 13.0. The molecule has 3 N–H and O–H groups in total. The first-order valence-electron chi connectivity index (χ1n) is 12.1. The van der Waals surface area contributed by atoms with Gasteiger partial charge in [-0.2, -0.15) is 18.3 Å². The Hall–Kier alpha value is -2.77. The van der Waals surface area contributed by atoms with Crippen LogP contribution in [0.5, 0.6) is 0 Å². The van der Waals surface area contributed by atoms with Crippen molar-refractivity contribution in [1.29, 1.82) is 0 Å². The van der Waals surface area contributed by atoms with Crippen LogP contribution in [0.4, 0.5) is 23.4 Å². The van der Waals surface area contributed by atoms with Crippen molar-refractivity contribution in [3.8, 4) is 0 Å². The van der Waals surface area contributed by atoms with Crippen molar-refractivity contribution in [2.75, 3.05) is 25.0 Å². The fourth-order valence-electron chi connectivity index (χ4n) is 5.22. The summed E-state index contributed by atoms with van der Waals surface area (Å²) in [5.41, 5.74) is -0.837. The van der Waals surface area contributed by atoms with E-state index in [1.807, 2.05) is 5.38 Å². The van der Waals surface area contributed by atoms with Crippen molar-refractivity contribution in [3.05, 3.63) is 40.3 Å². The Morgan fingerprint density at radius 1 is 1.30 bits per heavy atom. The first kappa shape index (κ1) is 25.9. The van der Waals surface area contributed by atoms with Crippen LogP contribution in [0.3, 0.4) is 0 Å². The largest absolute Gasteiger partial charge is 0.423 e. The van der Waals surface area contributed by atoms with Gasteiger partial charge in [0.15, 0.2) is 5.82 Å². The highest BCUT2D eigenvalue weighted by Gasteiger charge is 2.42. The number of aromatic nitrogens is 3. The van der Waals surface area contributed by atoms with Crippen LogP contribution in [-0.2, 0) is 17.4 Å². The van der Waals surface area contributed by atoms with E-state index < -0.39 is 23.5 Å². The molecule has 0 bridgehead atoms. The molecule has 2 aromatic heterocycles. The lowest BCUT2D eigenvalue weighted by Crippen LogP contribution is -2.63. The van der Waals surface area contributed by atoms with Crippen molar-refractivity contribution in [3.63, 3.8) is 0 Å². The summed E-state index contributed by atoms with van der Waals surface area (Å²) in [4.78, 5) is 19.1. The lowest BCUT2D eigenvalue weighted by molar-refractivity contribution is -0.182. The Morgan fingerprint density at radius 3 is 2.68 bits per heavy atom. The van der Waals surface area contributed by atoms with E-state index in [2.05, 4.69) is 25.6 Å². The molecule has 0 radical (unpaired) electrons. The van der Waals surface area contributed by atoms with E-state index in [4.69, 9.17) is 0 Å². The van der Waals surface area contributed by atoms with Gasteiger partial charge in [-0.3, -0.25) is 14.4 Å². The highest BCUT2D eigenvalue weighted by Crippen LogP contribution is 2.40. The van der Waals surface area contributed by atoms with Gasteiger partial charge < -0.3 is 15.7 Å². The zero-order chi connectivity index (χ0) is 26.4. The predicted molar refractivity (Wildman–Crippen MR) is 131 cm³/mol. The second-order valence-electron chi connectivity index (χ2n) is 9.82. The van der Waals surface area contributed by atoms with Crippen LogP contribution in [-0.4, -0.2) is 68.6 Å². The molecule has 2 aliphatic rings. The third kappa shape index (κ3) is 5.30. The number of hydrogen-bond acceptors (Lipinski definition) is 7. The molecule has 3 aromatic rings. The lowest BCUT2D eigenvalue weighted by Gasteiger charge is -2.47. The smallest absolute Gasteiger partial charge is 0.383 e. The van der Waals surface area contributed by atoms with Crippen molar-refractivity contribution in [2.45, 2.75) is 55.7 Å². The summed E-state index contributed by atoms with van der Waals surface area (Å²) < 4.78 is 53.7. The first-order chi connectivity index (χ1) is 17.5. The molecule has 8 nitrogen and oxygen atoms in total. The van der Waals surface area contributed by atoms with E-state index in [1.54, 1.807) is 13.2 Å². The average Bonchev–Trinajstić information content (AvgIpc) is 3.48. The molecule has 13 heteroatoms. The van der Waals surface area contributed by atoms with Gasteiger partial charge in [-0.25, -0.2) is 9.37 Å². The minimum Gasteiger partial charge on any atom is -0.383 e. The number of nitrogens with zero attached hydrogens (tertiary/aromatic N) is 4. The summed E-state index contributed by atoms with van der Waals surface area (Å²) in [7, 11) is 1.62. The molecule has 1 aliphatic heterocycles. The minimum atomic E-state index is -5.00.